The molecule has 32 heavy (non-hydrogen) atoms. The first-order valence-electron chi connectivity index (χ1n) is 9.97. The Kier molecular flexibility index (Phi) is 6.17. The van der Waals surface area contributed by atoms with Crippen LogP contribution in [0.5, 0.6) is 0 Å². The normalized spacial score (nSPS) is 11.7. The highest BCUT2D eigenvalue weighted by molar-refractivity contribution is 8.00. The maximum atomic E-state index is 14.6. The Bertz CT molecular complexity index is 1480. The standard InChI is InChI=1S/C24H21FN2O3S2/c1-16-11-12-17(2)22(15-16)32(29,30)14-13-31-24-26-20-9-5-3-7-18(20)23(28)27(24)21-10-6-4-8-19(21)25/h3-12,15H,13-14H2,1-2H3. The van der Waals surface area contributed by atoms with Crippen molar-refractivity contribution in [3.05, 3.63) is 94.0 Å². The fourth-order valence-corrected chi connectivity index (χ4v) is 6.46. The lowest BCUT2D eigenvalue weighted by Crippen LogP contribution is -2.23. The van der Waals surface area contributed by atoms with Crippen LogP contribution in [0.3, 0.4) is 0 Å². The highest BCUT2D eigenvalue weighted by Gasteiger charge is 2.20. The molecule has 164 valence electrons. The van der Waals surface area contributed by atoms with E-state index in [0.29, 0.717) is 21.4 Å². The van der Waals surface area contributed by atoms with Crippen LogP contribution in [0, 0.1) is 19.7 Å². The molecule has 4 rings (SSSR count). The van der Waals surface area contributed by atoms with Gasteiger partial charge < -0.3 is 0 Å². The van der Waals surface area contributed by atoms with Crippen molar-refractivity contribution in [1.29, 1.82) is 0 Å². The van der Waals surface area contributed by atoms with E-state index in [9.17, 15) is 17.6 Å². The van der Waals surface area contributed by atoms with E-state index in [0.717, 1.165) is 17.3 Å². The third-order valence-electron chi connectivity index (χ3n) is 5.10. The van der Waals surface area contributed by atoms with Gasteiger partial charge in [0.05, 0.1) is 27.2 Å². The molecular formula is C24H21FN2O3S2. The van der Waals surface area contributed by atoms with Gasteiger partial charge in [0.1, 0.15) is 5.82 Å². The lowest BCUT2D eigenvalue weighted by Gasteiger charge is -2.14. The third kappa shape index (κ3) is 4.33. The molecule has 8 heteroatoms. The van der Waals surface area contributed by atoms with E-state index in [-0.39, 0.29) is 22.3 Å². The van der Waals surface area contributed by atoms with Crippen molar-refractivity contribution >= 4 is 32.5 Å². The second-order valence-corrected chi connectivity index (χ2v) is 10.6. The number of hydrogen-bond donors (Lipinski definition) is 0. The molecule has 0 amide bonds. The highest BCUT2D eigenvalue weighted by atomic mass is 32.2. The van der Waals surface area contributed by atoms with Gasteiger partial charge in [0.25, 0.3) is 5.56 Å². The minimum atomic E-state index is -3.53. The Morgan fingerprint density at radius 1 is 1.00 bits per heavy atom. The third-order valence-corrected chi connectivity index (χ3v) is 8.15. The van der Waals surface area contributed by atoms with Gasteiger partial charge in [-0.25, -0.2) is 17.8 Å². The van der Waals surface area contributed by atoms with Crippen molar-refractivity contribution in [2.75, 3.05) is 11.5 Å². The molecule has 0 fully saturated rings. The van der Waals surface area contributed by atoms with E-state index >= 15 is 0 Å². The molecule has 0 aliphatic heterocycles. The Balaban J connectivity index is 1.72. The molecular weight excluding hydrogens is 447 g/mol. The van der Waals surface area contributed by atoms with E-state index in [1.807, 2.05) is 13.0 Å². The summed E-state index contributed by atoms with van der Waals surface area (Å²) in [4.78, 5) is 18.0. The Morgan fingerprint density at radius 2 is 1.72 bits per heavy atom. The summed E-state index contributed by atoms with van der Waals surface area (Å²) >= 11 is 1.12. The molecule has 0 bridgehead atoms. The van der Waals surface area contributed by atoms with Gasteiger partial charge in [-0.15, -0.1) is 0 Å². The maximum Gasteiger partial charge on any atom is 0.266 e. The van der Waals surface area contributed by atoms with Crippen LogP contribution in [0.25, 0.3) is 16.6 Å². The summed E-state index contributed by atoms with van der Waals surface area (Å²) in [5.41, 5.74) is 1.71. The lowest BCUT2D eigenvalue weighted by molar-refractivity contribution is 0.596. The molecule has 1 aromatic heterocycles. The van der Waals surface area contributed by atoms with Gasteiger partial charge in [-0.3, -0.25) is 9.36 Å². The number of aromatic nitrogens is 2. The SMILES string of the molecule is Cc1ccc(C)c(S(=O)(=O)CCSc2nc3ccccc3c(=O)n2-c2ccccc2F)c1. The smallest absolute Gasteiger partial charge is 0.266 e. The molecule has 1 heterocycles. The summed E-state index contributed by atoms with van der Waals surface area (Å²) in [5, 5.41) is 0.609. The zero-order valence-electron chi connectivity index (χ0n) is 17.6. The second kappa shape index (κ2) is 8.88. The number of thioether (sulfide) groups is 1. The van der Waals surface area contributed by atoms with Gasteiger partial charge in [-0.2, -0.15) is 0 Å². The number of fused-ring (bicyclic) bond motifs is 1. The first-order chi connectivity index (χ1) is 15.3. The van der Waals surface area contributed by atoms with E-state index in [1.54, 1.807) is 55.5 Å². The van der Waals surface area contributed by atoms with Gasteiger partial charge in [-0.05, 0) is 55.3 Å². The average molecular weight is 469 g/mol. The minimum absolute atomic E-state index is 0.0793. The van der Waals surface area contributed by atoms with Crippen LogP contribution in [0.15, 0.2) is 81.6 Å². The van der Waals surface area contributed by atoms with Crippen LogP contribution in [-0.4, -0.2) is 29.5 Å². The van der Waals surface area contributed by atoms with E-state index in [2.05, 4.69) is 4.98 Å². The van der Waals surface area contributed by atoms with E-state index < -0.39 is 21.2 Å². The van der Waals surface area contributed by atoms with Crippen LogP contribution < -0.4 is 5.56 Å². The average Bonchev–Trinajstić information content (AvgIpc) is 2.76. The van der Waals surface area contributed by atoms with E-state index in [4.69, 9.17) is 0 Å². The number of nitrogens with zero attached hydrogens (tertiary/aromatic N) is 2. The largest absolute Gasteiger partial charge is 0.268 e. The Labute approximate surface area is 189 Å². The molecule has 0 unspecified atom stereocenters. The molecule has 0 radical (unpaired) electrons. The van der Waals surface area contributed by atoms with Crippen LogP contribution in [0.4, 0.5) is 4.39 Å². The van der Waals surface area contributed by atoms with Crippen LogP contribution in [-0.2, 0) is 9.84 Å². The topological polar surface area (TPSA) is 69.0 Å². The van der Waals surface area contributed by atoms with Crippen molar-refractivity contribution in [3.8, 4) is 5.69 Å². The molecule has 5 nitrogen and oxygen atoms in total. The molecule has 0 N–H and O–H groups in total. The summed E-state index contributed by atoms with van der Waals surface area (Å²) in [6, 6.07) is 18.1. The first-order valence-corrected chi connectivity index (χ1v) is 12.6. The molecule has 0 spiro atoms. The zero-order valence-corrected chi connectivity index (χ0v) is 19.2. The lowest BCUT2D eigenvalue weighted by atomic mass is 10.2. The van der Waals surface area contributed by atoms with Crippen molar-refractivity contribution in [2.45, 2.75) is 23.9 Å². The predicted octanol–water partition coefficient (Wildman–Crippen LogP) is 4.71. The van der Waals surface area contributed by atoms with Crippen LogP contribution >= 0.6 is 11.8 Å². The monoisotopic (exact) mass is 468 g/mol. The van der Waals surface area contributed by atoms with Crippen molar-refractivity contribution in [3.63, 3.8) is 0 Å². The number of hydrogen-bond acceptors (Lipinski definition) is 5. The molecule has 0 saturated carbocycles. The second-order valence-electron chi connectivity index (χ2n) is 7.44. The summed E-state index contributed by atoms with van der Waals surface area (Å²) in [6.07, 6.45) is 0. The fraction of sp³-hybridized carbons (Fsp3) is 0.167. The molecule has 0 aliphatic carbocycles. The van der Waals surface area contributed by atoms with Gasteiger partial charge in [0, 0.05) is 5.75 Å². The fourth-order valence-electron chi connectivity index (χ4n) is 3.45. The summed E-state index contributed by atoms with van der Waals surface area (Å²) in [6.45, 7) is 3.61. The number of sulfone groups is 1. The minimum Gasteiger partial charge on any atom is -0.268 e. The molecule has 0 aliphatic rings. The van der Waals surface area contributed by atoms with Gasteiger partial charge in [-0.1, -0.05) is 48.2 Å². The quantitative estimate of drug-likeness (QED) is 0.303. The zero-order chi connectivity index (χ0) is 22.9. The van der Waals surface area contributed by atoms with E-state index in [1.165, 1.54) is 16.7 Å². The summed E-state index contributed by atoms with van der Waals surface area (Å²) < 4.78 is 41.6. The molecule has 3 aromatic carbocycles. The van der Waals surface area contributed by atoms with Gasteiger partial charge >= 0.3 is 0 Å². The first kappa shape index (κ1) is 22.2. The molecule has 4 aromatic rings. The summed E-state index contributed by atoms with van der Waals surface area (Å²) in [5.74, 6) is -0.534. The highest BCUT2D eigenvalue weighted by Crippen LogP contribution is 2.25. The number of benzene rings is 3. The van der Waals surface area contributed by atoms with Crippen molar-refractivity contribution in [2.24, 2.45) is 0 Å². The Hall–Kier alpha value is -2.97. The van der Waals surface area contributed by atoms with Crippen molar-refractivity contribution in [1.82, 2.24) is 9.55 Å². The van der Waals surface area contributed by atoms with Crippen molar-refractivity contribution < 1.29 is 12.8 Å². The van der Waals surface area contributed by atoms with Crippen LogP contribution in [0.1, 0.15) is 11.1 Å². The van der Waals surface area contributed by atoms with Gasteiger partial charge in [0.2, 0.25) is 0 Å². The summed E-state index contributed by atoms with van der Waals surface area (Å²) in [7, 11) is -3.53. The van der Waals surface area contributed by atoms with Crippen LogP contribution in [0.2, 0.25) is 0 Å². The number of aryl methyl sites for hydroxylation is 2. The predicted molar refractivity (Wildman–Crippen MR) is 126 cm³/mol. The van der Waals surface area contributed by atoms with Gasteiger partial charge in [0.15, 0.2) is 15.0 Å². The molecule has 0 saturated heterocycles. The number of halogens is 1. The Morgan fingerprint density at radius 3 is 2.50 bits per heavy atom. The number of rotatable bonds is 6. The number of para-hydroxylation sites is 2. The molecule has 0 atom stereocenters. The maximum absolute atomic E-state index is 14.6.